The molecule has 2 aromatic rings. The highest BCUT2D eigenvalue weighted by Gasteiger charge is 2.23. The molecule has 4 nitrogen and oxygen atoms in total. The Kier molecular flexibility index (Phi) is 5.19. The minimum absolute atomic E-state index is 0.119. The van der Waals surface area contributed by atoms with Crippen LogP contribution in [0, 0.1) is 5.82 Å². The first-order chi connectivity index (χ1) is 10.1. The fourth-order valence-corrected chi connectivity index (χ4v) is 1.89. The molecule has 0 amide bonds. The highest BCUT2D eigenvalue weighted by molar-refractivity contribution is 6.58. The zero-order valence-electron chi connectivity index (χ0n) is 11.6. The first-order valence-corrected chi connectivity index (χ1v) is 6.61. The Morgan fingerprint density at radius 2 is 1.76 bits per heavy atom. The lowest BCUT2D eigenvalue weighted by atomic mass is 9.79. The summed E-state index contributed by atoms with van der Waals surface area (Å²) in [6, 6.07) is 12.0. The highest BCUT2D eigenvalue weighted by Crippen LogP contribution is 2.30. The molecule has 0 radical (unpaired) electrons. The molecule has 0 unspecified atom stereocenters. The Hall–Kier alpha value is -2.05. The lowest BCUT2D eigenvalue weighted by molar-refractivity contribution is 0.257. The summed E-state index contributed by atoms with van der Waals surface area (Å²) in [6.45, 7) is 2.28. The van der Waals surface area contributed by atoms with Gasteiger partial charge in [0.25, 0.3) is 0 Å². The summed E-state index contributed by atoms with van der Waals surface area (Å²) in [5.41, 5.74) is 0.621. The third kappa shape index (κ3) is 3.74. The summed E-state index contributed by atoms with van der Waals surface area (Å²) in [5, 5.41) is 18.3. The van der Waals surface area contributed by atoms with Crippen molar-refractivity contribution in [1.29, 1.82) is 0 Å². The number of ether oxygens (including phenoxy) is 2. The molecule has 0 aromatic heterocycles. The Morgan fingerprint density at radius 1 is 1.05 bits per heavy atom. The SMILES string of the molecule is CCOc1ccc(B(O)O)c(F)c1OCc1ccccc1. The van der Waals surface area contributed by atoms with Gasteiger partial charge in [-0.05, 0) is 18.6 Å². The van der Waals surface area contributed by atoms with E-state index < -0.39 is 12.9 Å². The molecule has 0 atom stereocenters. The van der Waals surface area contributed by atoms with E-state index in [0.717, 1.165) is 5.56 Å². The van der Waals surface area contributed by atoms with E-state index in [1.807, 2.05) is 30.3 Å². The molecule has 0 aliphatic carbocycles. The smallest absolute Gasteiger partial charge is 0.490 e. The number of halogens is 1. The second kappa shape index (κ2) is 7.10. The van der Waals surface area contributed by atoms with Crippen molar-refractivity contribution in [3.63, 3.8) is 0 Å². The largest absolute Gasteiger partial charge is 0.491 e. The highest BCUT2D eigenvalue weighted by atomic mass is 19.1. The van der Waals surface area contributed by atoms with Gasteiger partial charge in [-0.25, -0.2) is 4.39 Å². The molecule has 110 valence electrons. The third-order valence-corrected chi connectivity index (χ3v) is 2.89. The van der Waals surface area contributed by atoms with E-state index in [1.165, 1.54) is 12.1 Å². The fourth-order valence-electron chi connectivity index (χ4n) is 1.89. The summed E-state index contributed by atoms with van der Waals surface area (Å²) >= 11 is 0. The Morgan fingerprint density at radius 3 is 2.38 bits per heavy atom. The van der Waals surface area contributed by atoms with Gasteiger partial charge in [-0.15, -0.1) is 0 Å². The van der Waals surface area contributed by atoms with Crippen LogP contribution in [-0.4, -0.2) is 23.8 Å². The van der Waals surface area contributed by atoms with Gasteiger partial charge in [-0.1, -0.05) is 36.4 Å². The monoisotopic (exact) mass is 290 g/mol. The van der Waals surface area contributed by atoms with Gasteiger partial charge in [0.05, 0.1) is 6.61 Å². The molecule has 2 N–H and O–H groups in total. The number of hydrogen-bond donors (Lipinski definition) is 2. The lowest BCUT2D eigenvalue weighted by Crippen LogP contribution is -2.33. The topological polar surface area (TPSA) is 58.9 Å². The number of hydrogen-bond acceptors (Lipinski definition) is 4. The van der Waals surface area contributed by atoms with Crippen molar-refractivity contribution in [2.45, 2.75) is 13.5 Å². The molecule has 0 fully saturated rings. The van der Waals surface area contributed by atoms with Crippen LogP contribution in [0.5, 0.6) is 11.5 Å². The zero-order valence-corrected chi connectivity index (χ0v) is 11.6. The number of rotatable bonds is 6. The standard InChI is InChI=1S/C15H16BFO4/c1-2-20-13-9-8-12(16(18)19)14(17)15(13)21-10-11-6-4-3-5-7-11/h3-9,18-19H,2,10H2,1H3. The van der Waals surface area contributed by atoms with Crippen molar-refractivity contribution < 1.29 is 23.9 Å². The average Bonchev–Trinajstić information content (AvgIpc) is 2.48. The van der Waals surface area contributed by atoms with E-state index >= 15 is 0 Å². The van der Waals surface area contributed by atoms with E-state index in [-0.39, 0.29) is 23.6 Å². The molecule has 0 heterocycles. The molecule has 0 saturated heterocycles. The zero-order chi connectivity index (χ0) is 15.2. The third-order valence-electron chi connectivity index (χ3n) is 2.89. The maximum Gasteiger partial charge on any atom is 0.491 e. The predicted octanol–water partition coefficient (Wildman–Crippen LogP) is 1.48. The molecule has 0 aliphatic rings. The molecule has 0 saturated carbocycles. The molecule has 0 bridgehead atoms. The summed E-state index contributed by atoms with van der Waals surface area (Å²) in [5.74, 6) is -0.714. The van der Waals surface area contributed by atoms with Crippen LogP contribution in [0.3, 0.4) is 0 Å². The summed E-state index contributed by atoms with van der Waals surface area (Å²) in [6.07, 6.45) is 0. The van der Waals surface area contributed by atoms with Gasteiger partial charge in [0, 0.05) is 5.46 Å². The van der Waals surface area contributed by atoms with Crippen molar-refractivity contribution >= 4 is 12.6 Å². The van der Waals surface area contributed by atoms with E-state index in [0.29, 0.717) is 6.61 Å². The van der Waals surface area contributed by atoms with Gasteiger partial charge in [0.15, 0.2) is 17.3 Å². The van der Waals surface area contributed by atoms with Crippen molar-refractivity contribution in [3.8, 4) is 11.5 Å². The van der Waals surface area contributed by atoms with Crippen LogP contribution in [0.25, 0.3) is 0 Å². The van der Waals surface area contributed by atoms with Crippen molar-refractivity contribution in [2.24, 2.45) is 0 Å². The van der Waals surface area contributed by atoms with Gasteiger partial charge in [0.1, 0.15) is 6.61 Å². The minimum Gasteiger partial charge on any atom is -0.490 e. The van der Waals surface area contributed by atoms with Crippen molar-refractivity contribution in [2.75, 3.05) is 6.61 Å². The van der Waals surface area contributed by atoms with E-state index in [1.54, 1.807) is 6.92 Å². The normalized spacial score (nSPS) is 10.3. The molecule has 0 aliphatic heterocycles. The molecular weight excluding hydrogens is 274 g/mol. The summed E-state index contributed by atoms with van der Waals surface area (Å²) in [4.78, 5) is 0. The van der Waals surface area contributed by atoms with E-state index in [2.05, 4.69) is 0 Å². The van der Waals surface area contributed by atoms with Crippen LogP contribution in [0.1, 0.15) is 12.5 Å². The van der Waals surface area contributed by atoms with Gasteiger partial charge >= 0.3 is 7.12 Å². The minimum atomic E-state index is -1.90. The Balaban J connectivity index is 2.28. The Bertz CT molecular complexity index is 590. The summed E-state index contributed by atoms with van der Waals surface area (Å²) in [7, 11) is -1.90. The summed E-state index contributed by atoms with van der Waals surface area (Å²) < 4.78 is 25.1. The predicted molar refractivity (Wildman–Crippen MR) is 78.2 cm³/mol. The van der Waals surface area contributed by atoms with Crippen LogP contribution in [0.4, 0.5) is 4.39 Å². The van der Waals surface area contributed by atoms with Crippen molar-refractivity contribution in [1.82, 2.24) is 0 Å². The molecular formula is C15H16BFO4. The van der Waals surface area contributed by atoms with Gasteiger partial charge in [0.2, 0.25) is 0 Å². The van der Waals surface area contributed by atoms with Crippen molar-refractivity contribution in [3.05, 3.63) is 53.8 Å². The van der Waals surface area contributed by atoms with Crippen LogP contribution in [0.15, 0.2) is 42.5 Å². The second-order valence-corrected chi connectivity index (χ2v) is 4.38. The van der Waals surface area contributed by atoms with Crippen LogP contribution in [-0.2, 0) is 6.61 Å². The Labute approximate surface area is 122 Å². The first kappa shape index (κ1) is 15.3. The molecule has 21 heavy (non-hydrogen) atoms. The fraction of sp³-hybridized carbons (Fsp3) is 0.200. The maximum atomic E-state index is 14.3. The second-order valence-electron chi connectivity index (χ2n) is 4.38. The molecule has 2 rings (SSSR count). The van der Waals surface area contributed by atoms with Gasteiger partial charge in [-0.3, -0.25) is 0 Å². The van der Waals surface area contributed by atoms with Crippen LogP contribution >= 0.6 is 0 Å². The van der Waals surface area contributed by atoms with Crippen LogP contribution in [0.2, 0.25) is 0 Å². The number of benzene rings is 2. The average molecular weight is 290 g/mol. The maximum absolute atomic E-state index is 14.3. The molecule has 2 aromatic carbocycles. The quantitative estimate of drug-likeness (QED) is 0.791. The molecule has 6 heteroatoms. The van der Waals surface area contributed by atoms with E-state index in [9.17, 15) is 4.39 Å². The van der Waals surface area contributed by atoms with E-state index in [4.69, 9.17) is 19.5 Å². The van der Waals surface area contributed by atoms with Gasteiger partial charge in [-0.2, -0.15) is 0 Å². The van der Waals surface area contributed by atoms with Gasteiger partial charge < -0.3 is 19.5 Å². The first-order valence-electron chi connectivity index (χ1n) is 6.61. The molecule has 0 spiro atoms. The lowest BCUT2D eigenvalue weighted by Gasteiger charge is -2.15. The van der Waals surface area contributed by atoms with Crippen LogP contribution < -0.4 is 14.9 Å².